The van der Waals surface area contributed by atoms with Gasteiger partial charge in [0.15, 0.2) is 11.5 Å². The number of carbonyl (C=O) groups is 1. The molecule has 0 N–H and O–H groups in total. The molecular weight excluding hydrogens is 388 g/mol. The average Bonchev–Trinajstić information content (AvgIpc) is 3.21. The van der Waals surface area contributed by atoms with Crippen LogP contribution in [0.4, 0.5) is 0 Å². The molecule has 1 unspecified atom stereocenters. The first-order valence-electron chi connectivity index (χ1n) is 10.4. The standard InChI is InChI=1S/C22H26N2O4S/c1-2-16(24-7-9-26-10-8-24)19-13-23-21(29-19)12-20(25)22(5-6-22)15-3-4-17-18(11-15)28-14-27-17/h3-4,11,13,16H,2,5-10,12,14H2,1H3. The van der Waals surface area contributed by atoms with Gasteiger partial charge in [0.05, 0.1) is 25.0 Å². The van der Waals surface area contributed by atoms with E-state index in [1.54, 1.807) is 11.3 Å². The van der Waals surface area contributed by atoms with Crippen molar-refractivity contribution >= 4 is 17.1 Å². The van der Waals surface area contributed by atoms with Gasteiger partial charge in [-0.15, -0.1) is 11.3 Å². The Bertz CT molecular complexity index is 902. The van der Waals surface area contributed by atoms with Crippen LogP contribution in [0.25, 0.3) is 0 Å². The minimum Gasteiger partial charge on any atom is -0.454 e. The molecule has 3 heterocycles. The highest BCUT2D eigenvalue weighted by Gasteiger charge is 2.51. The van der Waals surface area contributed by atoms with Gasteiger partial charge in [-0.05, 0) is 37.0 Å². The molecule has 29 heavy (non-hydrogen) atoms. The summed E-state index contributed by atoms with van der Waals surface area (Å²) in [6.07, 6.45) is 5.20. The van der Waals surface area contributed by atoms with Crippen molar-refractivity contribution < 1.29 is 19.0 Å². The van der Waals surface area contributed by atoms with Gasteiger partial charge in [0.25, 0.3) is 0 Å². The molecule has 0 radical (unpaired) electrons. The lowest BCUT2D eigenvalue weighted by Crippen LogP contribution is -2.38. The molecule has 2 aliphatic heterocycles. The Morgan fingerprint density at radius 2 is 2.03 bits per heavy atom. The summed E-state index contributed by atoms with van der Waals surface area (Å²) < 4.78 is 16.4. The number of thiazole rings is 1. The van der Waals surface area contributed by atoms with E-state index in [0.29, 0.717) is 12.5 Å². The lowest BCUT2D eigenvalue weighted by Gasteiger charge is -2.33. The van der Waals surface area contributed by atoms with Gasteiger partial charge in [0, 0.05) is 30.2 Å². The lowest BCUT2D eigenvalue weighted by molar-refractivity contribution is -0.120. The zero-order chi connectivity index (χ0) is 19.8. The molecule has 5 rings (SSSR count). The van der Waals surface area contributed by atoms with Crippen LogP contribution < -0.4 is 9.47 Å². The number of rotatable bonds is 7. The molecule has 154 valence electrons. The monoisotopic (exact) mass is 414 g/mol. The predicted octanol–water partition coefficient (Wildman–Crippen LogP) is 3.50. The number of nitrogens with zero attached hydrogens (tertiary/aromatic N) is 2. The Hall–Kier alpha value is -1.96. The van der Waals surface area contributed by atoms with Crippen LogP contribution in [0.1, 0.15) is 47.7 Å². The van der Waals surface area contributed by atoms with Gasteiger partial charge in [0.2, 0.25) is 6.79 Å². The van der Waals surface area contributed by atoms with Crippen LogP contribution in [0.3, 0.4) is 0 Å². The molecule has 1 aliphatic carbocycles. The Morgan fingerprint density at radius 1 is 1.24 bits per heavy atom. The number of carbonyl (C=O) groups excluding carboxylic acids is 1. The third-order valence-electron chi connectivity index (χ3n) is 6.29. The summed E-state index contributed by atoms with van der Waals surface area (Å²) in [6.45, 7) is 5.96. The quantitative estimate of drug-likeness (QED) is 0.691. The predicted molar refractivity (Wildman–Crippen MR) is 110 cm³/mol. The minimum absolute atomic E-state index is 0.253. The topological polar surface area (TPSA) is 60.9 Å². The lowest BCUT2D eigenvalue weighted by atomic mass is 9.89. The van der Waals surface area contributed by atoms with E-state index in [-0.39, 0.29) is 18.0 Å². The van der Waals surface area contributed by atoms with E-state index >= 15 is 0 Å². The Labute approximate surface area is 174 Å². The minimum atomic E-state index is -0.374. The van der Waals surface area contributed by atoms with E-state index in [0.717, 1.165) is 67.6 Å². The smallest absolute Gasteiger partial charge is 0.231 e. The molecule has 6 nitrogen and oxygen atoms in total. The number of aromatic nitrogens is 1. The van der Waals surface area contributed by atoms with Gasteiger partial charge >= 0.3 is 0 Å². The number of ether oxygens (including phenoxy) is 3. The molecule has 1 saturated carbocycles. The van der Waals surface area contributed by atoms with Crippen LogP contribution in [0.2, 0.25) is 0 Å². The summed E-state index contributed by atoms with van der Waals surface area (Å²) >= 11 is 1.69. The largest absolute Gasteiger partial charge is 0.454 e. The maximum atomic E-state index is 13.2. The molecule has 0 amide bonds. The van der Waals surface area contributed by atoms with E-state index in [4.69, 9.17) is 14.2 Å². The van der Waals surface area contributed by atoms with E-state index in [9.17, 15) is 4.79 Å². The third-order valence-corrected chi connectivity index (χ3v) is 7.39. The number of Topliss-reactive ketones (excluding diaryl/α,β-unsaturated/α-hetero) is 1. The molecule has 1 saturated heterocycles. The molecule has 1 aromatic carbocycles. The second-order valence-corrected chi connectivity index (χ2v) is 9.13. The van der Waals surface area contributed by atoms with Crippen LogP contribution in [0, 0.1) is 0 Å². The zero-order valence-corrected chi connectivity index (χ0v) is 17.5. The highest BCUT2D eigenvalue weighted by Crippen LogP contribution is 2.51. The fourth-order valence-corrected chi connectivity index (χ4v) is 5.58. The number of hydrogen-bond acceptors (Lipinski definition) is 7. The zero-order valence-electron chi connectivity index (χ0n) is 16.7. The van der Waals surface area contributed by atoms with Crippen molar-refractivity contribution in [3.8, 4) is 11.5 Å². The first-order valence-corrected chi connectivity index (χ1v) is 11.2. The average molecular weight is 415 g/mol. The maximum Gasteiger partial charge on any atom is 0.231 e. The number of fused-ring (bicyclic) bond motifs is 1. The fraction of sp³-hybridized carbons (Fsp3) is 0.545. The molecule has 3 aliphatic rings. The number of hydrogen-bond donors (Lipinski definition) is 0. The second-order valence-electron chi connectivity index (χ2n) is 7.98. The van der Waals surface area contributed by atoms with Crippen molar-refractivity contribution in [2.45, 2.75) is 44.1 Å². The first-order chi connectivity index (χ1) is 14.2. The van der Waals surface area contributed by atoms with Crippen molar-refractivity contribution in [2.75, 3.05) is 33.1 Å². The number of benzene rings is 1. The fourth-order valence-electron chi connectivity index (χ4n) is 4.44. The van der Waals surface area contributed by atoms with E-state index in [1.807, 2.05) is 24.4 Å². The Morgan fingerprint density at radius 3 is 2.79 bits per heavy atom. The van der Waals surface area contributed by atoms with Crippen molar-refractivity contribution in [3.05, 3.63) is 39.8 Å². The van der Waals surface area contributed by atoms with Crippen LogP contribution >= 0.6 is 11.3 Å². The normalized spacial score (nSPS) is 21.1. The number of morpholine rings is 1. The summed E-state index contributed by atoms with van der Waals surface area (Å²) in [5, 5.41) is 0.920. The van der Waals surface area contributed by atoms with E-state index in [1.165, 1.54) is 4.88 Å². The highest BCUT2D eigenvalue weighted by atomic mass is 32.1. The van der Waals surface area contributed by atoms with Crippen molar-refractivity contribution in [1.82, 2.24) is 9.88 Å². The van der Waals surface area contributed by atoms with Crippen LogP contribution in [0.5, 0.6) is 11.5 Å². The van der Waals surface area contributed by atoms with Gasteiger partial charge in [-0.1, -0.05) is 13.0 Å². The molecular formula is C22H26N2O4S. The maximum absolute atomic E-state index is 13.2. The van der Waals surface area contributed by atoms with Crippen molar-refractivity contribution in [1.29, 1.82) is 0 Å². The molecule has 2 aromatic rings. The van der Waals surface area contributed by atoms with Crippen LogP contribution in [-0.2, 0) is 21.4 Å². The highest BCUT2D eigenvalue weighted by molar-refractivity contribution is 7.11. The summed E-state index contributed by atoms with van der Waals surface area (Å²) in [5.74, 6) is 1.77. The van der Waals surface area contributed by atoms with Crippen molar-refractivity contribution in [2.24, 2.45) is 0 Å². The second kappa shape index (κ2) is 7.70. The number of ketones is 1. The molecule has 7 heteroatoms. The van der Waals surface area contributed by atoms with Crippen molar-refractivity contribution in [3.63, 3.8) is 0 Å². The molecule has 1 atom stereocenters. The van der Waals surface area contributed by atoms with Gasteiger partial charge in [0.1, 0.15) is 10.8 Å². The Kier molecular flexibility index (Phi) is 5.05. The summed E-state index contributed by atoms with van der Waals surface area (Å²) in [6, 6.07) is 6.27. The summed E-state index contributed by atoms with van der Waals surface area (Å²) in [5.41, 5.74) is 0.671. The molecule has 0 bridgehead atoms. The summed E-state index contributed by atoms with van der Waals surface area (Å²) in [7, 11) is 0. The van der Waals surface area contributed by atoms with Crippen LogP contribution in [0.15, 0.2) is 24.4 Å². The van der Waals surface area contributed by atoms with Crippen LogP contribution in [-0.4, -0.2) is 48.8 Å². The van der Waals surface area contributed by atoms with Gasteiger partial charge < -0.3 is 14.2 Å². The molecule has 2 fully saturated rings. The first kappa shape index (κ1) is 19.0. The Balaban J connectivity index is 1.30. The SMILES string of the molecule is CCC(c1cnc(CC(=O)C2(c3ccc4c(c3)OCO4)CC2)s1)N1CCOCC1. The molecule has 0 spiro atoms. The summed E-state index contributed by atoms with van der Waals surface area (Å²) in [4.78, 5) is 21.5. The van der Waals surface area contributed by atoms with Gasteiger partial charge in [-0.3, -0.25) is 9.69 Å². The van der Waals surface area contributed by atoms with E-state index < -0.39 is 0 Å². The third kappa shape index (κ3) is 3.56. The van der Waals surface area contributed by atoms with Gasteiger partial charge in [-0.2, -0.15) is 0 Å². The van der Waals surface area contributed by atoms with E-state index in [2.05, 4.69) is 16.8 Å². The van der Waals surface area contributed by atoms with Gasteiger partial charge in [-0.25, -0.2) is 4.98 Å². The molecule has 1 aromatic heterocycles.